The fraction of sp³-hybridized carbons (Fsp3) is 0.300. The minimum absolute atomic E-state index is 0.112. The number of nitrogens with one attached hydrogen (secondary N) is 2. The van der Waals surface area contributed by atoms with Crippen molar-refractivity contribution in [2.75, 3.05) is 11.9 Å². The molecule has 0 spiro atoms. The van der Waals surface area contributed by atoms with Crippen molar-refractivity contribution < 1.29 is 14.3 Å². The monoisotopic (exact) mass is 212 g/mol. The maximum atomic E-state index is 13.1. The maximum absolute atomic E-state index is 13.1. The second kappa shape index (κ2) is 5.31. The van der Waals surface area contributed by atoms with Gasteiger partial charge in [-0.05, 0) is 19.1 Å². The van der Waals surface area contributed by atoms with E-state index in [4.69, 9.17) is 5.11 Å². The van der Waals surface area contributed by atoms with Crippen LogP contribution in [0.5, 0.6) is 0 Å². The summed E-state index contributed by atoms with van der Waals surface area (Å²) in [7, 11) is 0. The van der Waals surface area contributed by atoms with E-state index < -0.39 is 18.0 Å². The van der Waals surface area contributed by atoms with E-state index in [1.165, 1.54) is 18.2 Å². The molecule has 1 atom stereocenters. The van der Waals surface area contributed by atoms with Gasteiger partial charge < -0.3 is 15.7 Å². The van der Waals surface area contributed by atoms with Crippen molar-refractivity contribution >= 4 is 11.7 Å². The van der Waals surface area contributed by atoms with Crippen LogP contribution < -0.4 is 10.6 Å². The Labute approximate surface area is 87.1 Å². The Balaban J connectivity index is 2.48. The first-order valence-corrected chi connectivity index (χ1v) is 4.57. The highest BCUT2D eigenvalue weighted by molar-refractivity contribution is 5.89. The number of aliphatic hydroxyl groups is 1. The average Bonchev–Trinajstić information content (AvgIpc) is 2.18. The van der Waals surface area contributed by atoms with Crippen molar-refractivity contribution in [1.29, 1.82) is 0 Å². The number of benzene rings is 1. The molecular formula is C10H13FN2O2. The second-order valence-corrected chi connectivity index (χ2v) is 3.16. The van der Waals surface area contributed by atoms with Crippen LogP contribution in [0.15, 0.2) is 24.3 Å². The van der Waals surface area contributed by atoms with Crippen LogP contribution in [0.1, 0.15) is 6.92 Å². The predicted molar refractivity (Wildman–Crippen MR) is 55.1 cm³/mol. The van der Waals surface area contributed by atoms with Crippen LogP contribution in [-0.2, 0) is 0 Å². The summed E-state index contributed by atoms with van der Waals surface area (Å²) in [6.45, 7) is 1.67. The molecule has 3 N–H and O–H groups in total. The smallest absolute Gasteiger partial charge is 0.319 e. The third-order valence-electron chi connectivity index (χ3n) is 1.68. The van der Waals surface area contributed by atoms with E-state index in [9.17, 15) is 9.18 Å². The SMILES string of the molecule is CC(O)CNC(=O)Nc1ccccc1F. The average molecular weight is 212 g/mol. The van der Waals surface area contributed by atoms with Crippen LogP contribution in [0.3, 0.4) is 0 Å². The molecule has 15 heavy (non-hydrogen) atoms. The summed E-state index contributed by atoms with van der Waals surface area (Å²) in [5.74, 6) is -0.496. The van der Waals surface area contributed by atoms with Gasteiger partial charge in [0, 0.05) is 6.54 Å². The molecule has 0 aliphatic heterocycles. The van der Waals surface area contributed by atoms with Crippen molar-refractivity contribution in [1.82, 2.24) is 5.32 Å². The van der Waals surface area contributed by atoms with Crippen molar-refractivity contribution in [3.63, 3.8) is 0 Å². The first-order chi connectivity index (χ1) is 7.09. The molecule has 0 bridgehead atoms. The van der Waals surface area contributed by atoms with Gasteiger partial charge in [0.25, 0.3) is 0 Å². The van der Waals surface area contributed by atoms with Crippen LogP contribution >= 0.6 is 0 Å². The first-order valence-electron chi connectivity index (χ1n) is 4.57. The zero-order valence-corrected chi connectivity index (χ0v) is 8.33. The maximum Gasteiger partial charge on any atom is 0.319 e. The van der Waals surface area contributed by atoms with Gasteiger partial charge in [-0.3, -0.25) is 0 Å². The summed E-state index contributed by atoms with van der Waals surface area (Å²) in [6.07, 6.45) is -0.628. The fourth-order valence-corrected chi connectivity index (χ4v) is 0.969. The molecule has 1 aromatic carbocycles. The van der Waals surface area contributed by atoms with Gasteiger partial charge >= 0.3 is 6.03 Å². The molecule has 1 rings (SSSR count). The molecule has 82 valence electrons. The second-order valence-electron chi connectivity index (χ2n) is 3.16. The van der Waals surface area contributed by atoms with Gasteiger partial charge in [-0.2, -0.15) is 0 Å². The van der Waals surface area contributed by atoms with Crippen molar-refractivity contribution in [3.05, 3.63) is 30.1 Å². The number of rotatable bonds is 3. The molecule has 4 nitrogen and oxygen atoms in total. The number of halogens is 1. The van der Waals surface area contributed by atoms with E-state index in [-0.39, 0.29) is 12.2 Å². The number of amides is 2. The van der Waals surface area contributed by atoms with Gasteiger partial charge in [-0.15, -0.1) is 0 Å². The van der Waals surface area contributed by atoms with Crippen LogP contribution in [0.4, 0.5) is 14.9 Å². The summed E-state index contributed by atoms with van der Waals surface area (Å²) >= 11 is 0. The van der Waals surface area contributed by atoms with Gasteiger partial charge in [-0.25, -0.2) is 9.18 Å². The van der Waals surface area contributed by atoms with E-state index >= 15 is 0 Å². The zero-order chi connectivity index (χ0) is 11.3. The lowest BCUT2D eigenvalue weighted by molar-refractivity contribution is 0.190. The highest BCUT2D eigenvalue weighted by atomic mass is 19.1. The van der Waals surface area contributed by atoms with E-state index in [2.05, 4.69) is 10.6 Å². The number of carbonyl (C=O) groups excluding carboxylic acids is 1. The van der Waals surface area contributed by atoms with Gasteiger partial charge in [0.15, 0.2) is 0 Å². The van der Waals surface area contributed by atoms with Gasteiger partial charge in [0.2, 0.25) is 0 Å². The van der Waals surface area contributed by atoms with Crippen LogP contribution in [-0.4, -0.2) is 23.8 Å². The third kappa shape index (κ3) is 3.95. The quantitative estimate of drug-likeness (QED) is 0.707. The lowest BCUT2D eigenvalue weighted by Crippen LogP contribution is -2.34. The molecule has 1 aromatic rings. The first kappa shape index (κ1) is 11.5. The van der Waals surface area contributed by atoms with E-state index in [0.29, 0.717) is 0 Å². The standard InChI is InChI=1S/C10H13FN2O2/c1-7(14)6-12-10(15)13-9-5-3-2-4-8(9)11/h2-5,7,14H,6H2,1H3,(H2,12,13,15). The van der Waals surface area contributed by atoms with E-state index in [0.717, 1.165) is 0 Å². The number of hydrogen-bond acceptors (Lipinski definition) is 2. The number of urea groups is 1. The molecule has 5 heteroatoms. The topological polar surface area (TPSA) is 61.4 Å². The Bertz CT molecular complexity index is 342. The summed E-state index contributed by atoms with van der Waals surface area (Å²) in [5.41, 5.74) is 0.112. The number of carbonyl (C=O) groups is 1. The van der Waals surface area contributed by atoms with Gasteiger partial charge in [-0.1, -0.05) is 12.1 Å². The molecule has 0 aliphatic rings. The molecular weight excluding hydrogens is 199 g/mol. The number of anilines is 1. The molecule has 0 aliphatic carbocycles. The van der Waals surface area contributed by atoms with Crippen LogP contribution in [0, 0.1) is 5.82 Å². The van der Waals surface area contributed by atoms with Crippen molar-refractivity contribution in [3.8, 4) is 0 Å². The lowest BCUT2D eigenvalue weighted by atomic mass is 10.3. The Morgan fingerprint density at radius 3 is 2.80 bits per heavy atom. The normalized spacial score (nSPS) is 11.9. The van der Waals surface area contributed by atoms with E-state index in [1.807, 2.05) is 0 Å². The number of para-hydroxylation sites is 1. The Morgan fingerprint density at radius 2 is 2.20 bits per heavy atom. The Kier molecular flexibility index (Phi) is 4.05. The van der Waals surface area contributed by atoms with Crippen LogP contribution in [0.25, 0.3) is 0 Å². The summed E-state index contributed by atoms with van der Waals surface area (Å²) in [4.78, 5) is 11.2. The van der Waals surface area contributed by atoms with Gasteiger partial charge in [0.1, 0.15) is 5.82 Å². The molecule has 0 heterocycles. The van der Waals surface area contributed by atoms with Crippen LogP contribution in [0.2, 0.25) is 0 Å². The molecule has 0 saturated carbocycles. The molecule has 2 amide bonds. The Morgan fingerprint density at radius 1 is 1.53 bits per heavy atom. The third-order valence-corrected chi connectivity index (χ3v) is 1.68. The molecule has 0 aromatic heterocycles. The largest absolute Gasteiger partial charge is 0.392 e. The number of hydrogen-bond donors (Lipinski definition) is 3. The highest BCUT2D eigenvalue weighted by Crippen LogP contribution is 2.11. The minimum atomic E-state index is -0.628. The molecule has 0 saturated heterocycles. The van der Waals surface area contributed by atoms with Crippen molar-refractivity contribution in [2.45, 2.75) is 13.0 Å². The Hall–Kier alpha value is -1.62. The molecule has 0 radical (unpaired) electrons. The zero-order valence-electron chi connectivity index (χ0n) is 8.33. The fourth-order valence-electron chi connectivity index (χ4n) is 0.969. The lowest BCUT2D eigenvalue weighted by Gasteiger charge is -2.09. The minimum Gasteiger partial charge on any atom is -0.392 e. The van der Waals surface area contributed by atoms with Gasteiger partial charge in [0.05, 0.1) is 11.8 Å². The van der Waals surface area contributed by atoms with E-state index in [1.54, 1.807) is 13.0 Å². The molecule has 1 unspecified atom stereocenters. The summed E-state index contributed by atoms with van der Waals surface area (Å²) in [5, 5.41) is 13.6. The predicted octanol–water partition coefficient (Wildman–Crippen LogP) is 1.33. The molecule has 0 fully saturated rings. The van der Waals surface area contributed by atoms with Crippen molar-refractivity contribution in [2.24, 2.45) is 0 Å². The summed E-state index contributed by atoms with van der Waals surface area (Å²) < 4.78 is 13.1. The highest BCUT2D eigenvalue weighted by Gasteiger charge is 2.05. The summed E-state index contributed by atoms with van der Waals surface area (Å²) in [6, 6.07) is 5.32. The number of aliphatic hydroxyl groups excluding tert-OH is 1.